The van der Waals surface area contributed by atoms with Crippen LogP contribution in [0, 0.1) is 25.7 Å². The Morgan fingerprint density at radius 3 is 2.50 bits per heavy atom. The lowest BCUT2D eigenvalue weighted by Crippen LogP contribution is -2.43. The maximum atomic E-state index is 13.0. The number of hydrogen-bond donors (Lipinski definition) is 0. The number of hydrogen-bond acceptors (Lipinski definition) is 3. The summed E-state index contributed by atoms with van der Waals surface area (Å²) in [5, 5.41) is 0. The summed E-state index contributed by atoms with van der Waals surface area (Å²) < 4.78 is 2.19. The first-order chi connectivity index (χ1) is 13.5. The Bertz CT molecular complexity index is 850. The van der Waals surface area contributed by atoms with Gasteiger partial charge in [-0.2, -0.15) is 0 Å². The third-order valence-corrected chi connectivity index (χ3v) is 6.12. The topological polar surface area (TPSA) is 58.4 Å². The van der Waals surface area contributed by atoms with Gasteiger partial charge in [0.15, 0.2) is 0 Å². The van der Waals surface area contributed by atoms with Crippen molar-refractivity contribution in [3.63, 3.8) is 0 Å². The maximum absolute atomic E-state index is 13.0. The highest BCUT2D eigenvalue weighted by Gasteiger charge is 2.38. The van der Waals surface area contributed by atoms with E-state index in [1.165, 1.54) is 0 Å². The molecule has 2 saturated heterocycles. The summed E-state index contributed by atoms with van der Waals surface area (Å²) in [6.07, 6.45) is 6.19. The number of piperidine rings is 1. The van der Waals surface area contributed by atoms with Crippen LogP contribution in [-0.2, 0) is 16.1 Å². The van der Waals surface area contributed by atoms with Gasteiger partial charge in [0, 0.05) is 50.7 Å². The van der Waals surface area contributed by atoms with Crippen LogP contribution < -0.4 is 4.90 Å². The van der Waals surface area contributed by atoms with Crippen LogP contribution in [0.3, 0.4) is 0 Å². The summed E-state index contributed by atoms with van der Waals surface area (Å²) in [5.74, 6) is 1.58. The minimum Gasteiger partial charge on any atom is -0.342 e. The summed E-state index contributed by atoms with van der Waals surface area (Å²) in [6, 6.07) is 7.93. The van der Waals surface area contributed by atoms with E-state index in [1.807, 2.05) is 55.4 Å². The smallest absolute Gasteiger partial charge is 0.228 e. The molecule has 0 saturated carbocycles. The third kappa shape index (κ3) is 3.81. The van der Waals surface area contributed by atoms with E-state index in [2.05, 4.69) is 9.55 Å². The molecule has 0 spiro atoms. The number of aryl methyl sites for hydroxylation is 2. The number of aromatic nitrogens is 2. The van der Waals surface area contributed by atoms with E-state index in [0.29, 0.717) is 18.9 Å². The van der Waals surface area contributed by atoms with Gasteiger partial charge in [0.1, 0.15) is 5.82 Å². The first-order valence-electron chi connectivity index (χ1n) is 10.1. The lowest BCUT2D eigenvalue weighted by molar-refractivity contribution is -0.137. The molecule has 2 amide bonds. The van der Waals surface area contributed by atoms with Crippen molar-refractivity contribution >= 4 is 17.5 Å². The minimum absolute atomic E-state index is 0.0488. The van der Waals surface area contributed by atoms with E-state index in [4.69, 9.17) is 0 Å². The molecule has 2 aliphatic rings. The van der Waals surface area contributed by atoms with Crippen LogP contribution in [-0.4, -0.2) is 45.9 Å². The van der Waals surface area contributed by atoms with Crippen LogP contribution >= 0.6 is 0 Å². The van der Waals surface area contributed by atoms with E-state index in [-0.39, 0.29) is 17.7 Å². The van der Waals surface area contributed by atoms with Gasteiger partial charge >= 0.3 is 0 Å². The molecule has 2 fully saturated rings. The average Bonchev–Trinajstić information content (AvgIpc) is 3.28. The zero-order chi connectivity index (χ0) is 19.7. The predicted molar refractivity (Wildman–Crippen MR) is 108 cm³/mol. The molecule has 4 rings (SSSR count). The van der Waals surface area contributed by atoms with Crippen LogP contribution in [0.4, 0.5) is 5.69 Å². The molecule has 0 bridgehead atoms. The van der Waals surface area contributed by atoms with Gasteiger partial charge in [0.2, 0.25) is 11.8 Å². The second-order valence-electron chi connectivity index (χ2n) is 8.14. The molecule has 1 aromatic carbocycles. The van der Waals surface area contributed by atoms with E-state index >= 15 is 0 Å². The highest BCUT2D eigenvalue weighted by Crippen LogP contribution is 2.28. The summed E-state index contributed by atoms with van der Waals surface area (Å²) in [5.41, 5.74) is 2.05. The molecular formula is C22H28N4O2. The molecule has 1 unspecified atom stereocenters. The summed E-state index contributed by atoms with van der Waals surface area (Å²) in [7, 11) is 0. The van der Waals surface area contributed by atoms with Crippen molar-refractivity contribution in [2.24, 2.45) is 11.8 Å². The first kappa shape index (κ1) is 18.7. The maximum Gasteiger partial charge on any atom is 0.228 e. The second-order valence-corrected chi connectivity index (χ2v) is 8.14. The lowest BCUT2D eigenvalue weighted by atomic mass is 9.95. The Morgan fingerprint density at radius 2 is 1.86 bits per heavy atom. The van der Waals surface area contributed by atoms with Crippen LogP contribution in [0.2, 0.25) is 0 Å². The number of benzene rings is 1. The van der Waals surface area contributed by atoms with Crippen molar-refractivity contribution in [2.45, 2.75) is 39.7 Å². The van der Waals surface area contributed by atoms with Gasteiger partial charge in [-0.25, -0.2) is 4.98 Å². The predicted octanol–water partition coefficient (Wildman–Crippen LogP) is 2.79. The van der Waals surface area contributed by atoms with Crippen LogP contribution in [0.5, 0.6) is 0 Å². The molecule has 3 heterocycles. The summed E-state index contributed by atoms with van der Waals surface area (Å²) in [4.78, 5) is 33.5. The SMILES string of the molecule is Cc1ccc(N2CC(C(=O)N3CCC(Cn4ccnc4C)CC3)CC2=O)cc1. The van der Waals surface area contributed by atoms with Gasteiger partial charge in [-0.05, 0) is 44.7 Å². The van der Waals surface area contributed by atoms with Gasteiger partial charge < -0.3 is 14.4 Å². The van der Waals surface area contributed by atoms with E-state index in [9.17, 15) is 9.59 Å². The van der Waals surface area contributed by atoms with Gasteiger partial charge in [-0.3, -0.25) is 9.59 Å². The average molecular weight is 380 g/mol. The quantitative estimate of drug-likeness (QED) is 0.820. The molecule has 148 valence electrons. The lowest BCUT2D eigenvalue weighted by Gasteiger charge is -2.33. The van der Waals surface area contributed by atoms with E-state index in [0.717, 1.165) is 49.6 Å². The normalized spacial score (nSPS) is 20.8. The summed E-state index contributed by atoms with van der Waals surface area (Å²) in [6.45, 7) is 7.08. The zero-order valence-electron chi connectivity index (χ0n) is 16.7. The molecule has 28 heavy (non-hydrogen) atoms. The molecule has 0 radical (unpaired) electrons. The molecule has 6 heteroatoms. The van der Waals surface area contributed by atoms with Gasteiger partial charge in [0.05, 0.1) is 5.92 Å². The summed E-state index contributed by atoms with van der Waals surface area (Å²) >= 11 is 0. The minimum atomic E-state index is -0.221. The number of likely N-dealkylation sites (tertiary alicyclic amines) is 1. The molecule has 2 aliphatic heterocycles. The monoisotopic (exact) mass is 380 g/mol. The number of anilines is 1. The third-order valence-electron chi connectivity index (χ3n) is 6.12. The fourth-order valence-corrected chi connectivity index (χ4v) is 4.32. The van der Waals surface area contributed by atoms with E-state index < -0.39 is 0 Å². The Kier molecular flexibility index (Phi) is 5.20. The molecule has 2 aromatic rings. The van der Waals surface area contributed by atoms with Crippen molar-refractivity contribution in [1.82, 2.24) is 14.5 Å². The standard InChI is InChI=1S/C22H28N4O2/c1-16-3-5-20(6-4-16)26-15-19(13-21(26)27)22(28)24-10-7-18(8-11-24)14-25-12-9-23-17(25)2/h3-6,9,12,18-19H,7-8,10-11,13-15H2,1-2H3. The largest absolute Gasteiger partial charge is 0.342 e. The van der Waals surface area contributed by atoms with Gasteiger partial charge in [-0.15, -0.1) is 0 Å². The first-order valence-corrected chi connectivity index (χ1v) is 10.1. The Labute approximate surface area is 166 Å². The van der Waals surface area contributed by atoms with Crippen LogP contribution in [0.15, 0.2) is 36.7 Å². The highest BCUT2D eigenvalue weighted by atomic mass is 16.2. The van der Waals surface area contributed by atoms with Crippen molar-refractivity contribution in [3.8, 4) is 0 Å². The fraction of sp³-hybridized carbons (Fsp3) is 0.500. The van der Waals surface area contributed by atoms with E-state index in [1.54, 1.807) is 4.90 Å². The van der Waals surface area contributed by atoms with Crippen LogP contribution in [0.1, 0.15) is 30.7 Å². The van der Waals surface area contributed by atoms with Gasteiger partial charge in [-0.1, -0.05) is 17.7 Å². The molecular weight excluding hydrogens is 352 g/mol. The second kappa shape index (κ2) is 7.78. The molecule has 1 aromatic heterocycles. The van der Waals surface area contributed by atoms with Crippen LogP contribution in [0.25, 0.3) is 0 Å². The highest BCUT2D eigenvalue weighted by molar-refractivity contribution is 6.00. The molecule has 1 atom stereocenters. The van der Waals surface area contributed by atoms with Crippen molar-refractivity contribution in [3.05, 3.63) is 48.0 Å². The van der Waals surface area contributed by atoms with Crippen molar-refractivity contribution < 1.29 is 9.59 Å². The number of carbonyl (C=O) groups excluding carboxylic acids is 2. The molecule has 6 nitrogen and oxygen atoms in total. The number of imidazole rings is 1. The number of rotatable bonds is 4. The zero-order valence-corrected chi connectivity index (χ0v) is 16.7. The molecule has 0 aliphatic carbocycles. The Balaban J connectivity index is 1.32. The van der Waals surface area contributed by atoms with Crippen molar-refractivity contribution in [1.29, 1.82) is 0 Å². The number of carbonyl (C=O) groups is 2. The van der Waals surface area contributed by atoms with Crippen molar-refractivity contribution in [2.75, 3.05) is 24.5 Å². The Morgan fingerprint density at radius 1 is 1.14 bits per heavy atom. The number of amides is 2. The molecule has 0 N–H and O–H groups in total. The van der Waals surface area contributed by atoms with Gasteiger partial charge in [0.25, 0.3) is 0 Å². The fourth-order valence-electron chi connectivity index (χ4n) is 4.32. The Hall–Kier alpha value is -2.63. The number of nitrogens with zero attached hydrogens (tertiary/aromatic N) is 4.